The molecule has 0 amide bonds. The number of nitrogens with two attached hydrogens (primary N) is 1. The van der Waals surface area contributed by atoms with Gasteiger partial charge in [-0.2, -0.15) is 4.31 Å². The molecule has 1 saturated heterocycles. The maximum atomic E-state index is 12.4. The minimum absolute atomic E-state index is 0.125. The van der Waals surface area contributed by atoms with E-state index in [0.29, 0.717) is 19.5 Å². The molecule has 2 unspecified atom stereocenters. The van der Waals surface area contributed by atoms with Crippen molar-refractivity contribution >= 4 is 10.0 Å². The molecule has 1 aliphatic rings. The number of nitrogens with zero attached hydrogens (tertiary/aromatic N) is 1. The predicted molar refractivity (Wildman–Crippen MR) is 72.8 cm³/mol. The van der Waals surface area contributed by atoms with Crippen LogP contribution in [0.2, 0.25) is 0 Å². The average Bonchev–Trinajstić information content (AvgIpc) is 2.24. The summed E-state index contributed by atoms with van der Waals surface area (Å²) in [4.78, 5) is 0. The fourth-order valence-electron chi connectivity index (χ4n) is 2.42. The summed E-state index contributed by atoms with van der Waals surface area (Å²) >= 11 is 0. The summed E-state index contributed by atoms with van der Waals surface area (Å²) in [7, 11) is -1.57. The Morgan fingerprint density at radius 3 is 2.44 bits per heavy atom. The van der Waals surface area contributed by atoms with E-state index in [2.05, 4.69) is 0 Å². The molecule has 1 heterocycles. The molecule has 0 aromatic rings. The Morgan fingerprint density at radius 2 is 2.00 bits per heavy atom. The molecule has 1 fully saturated rings. The number of piperidine rings is 1. The molecule has 0 aromatic heterocycles. The molecule has 1 aliphatic heterocycles. The Hall–Kier alpha value is -0.170. The molecule has 6 heteroatoms. The highest BCUT2D eigenvalue weighted by molar-refractivity contribution is 7.89. The molecule has 5 nitrogen and oxygen atoms in total. The first-order valence-electron chi connectivity index (χ1n) is 6.42. The Kier molecular flexibility index (Phi) is 5.17. The van der Waals surface area contributed by atoms with Crippen LogP contribution in [0.1, 0.15) is 33.6 Å². The third kappa shape index (κ3) is 4.19. The Balaban J connectivity index is 2.81. The molecule has 0 spiro atoms. The second-order valence-corrected chi connectivity index (χ2v) is 8.12. The largest absolute Gasteiger partial charge is 0.381 e. The van der Waals surface area contributed by atoms with E-state index in [1.165, 1.54) is 0 Å². The van der Waals surface area contributed by atoms with Gasteiger partial charge in [0.15, 0.2) is 0 Å². The zero-order valence-corrected chi connectivity index (χ0v) is 12.7. The monoisotopic (exact) mass is 278 g/mol. The third-order valence-electron chi connectivity index (χ3n) is 3.19. The lowest BCUT2D eigenvalue weighted by Crippen LogP contribution is -2.52. The molecule has 18 heavy (non-hydrogen) atoms. The lowest BCUT2D eigenvalue weighted by atomic mass is 10.0. The van der Waals surface area contributed by atoms with Crippen LogP contribution in [-0.4, -0.2) is 50.8 Å². The van der Waals surface area contributed by atoms with Gasteiger partial charge in [0.25, 0.3) is 0 Å². The van der Waals surface area contributed by atoms with E-state index >= 15 is 0 Å². The van der Waals surface area contributed by atoms with Crippen LogP contribution in [0.25, 0.3) is 0 Å². The minimum atomic E-state index is -3.24. The van der Waals surface area contributed by atoms with Crippen molar-refractivity contribution in [2.45, 2.75) is 45.8 Å². The summed E-state index contributed by atoms with van der Waals surface area (Å²) in [5.41, 5.74) is 5.47. The topological polar surface area (TPSA) is 72.6 Å². The molecular formula is C12H26N2O3S. The lowest BCUT2D eigenvalue weighted by Gasteiger charge is -2.38. The molecule has 2 atom stereocenters. The number of ether oxygens (including phenoxy) is 1. The van der Waals surface area contributed by atoms with Crippen molar-refractivity contribution in [2.24, 2.45) is 11.1 Å². The van der Waals surface area contributed by atoms with E-state index in [0.717, 1.165) is 6.42 Å². The van der Waals surface area contributed by atoms with Gasteiger partial charge in [-0.25, -0.2) is 8.42 Å². The maximum Gasteiger partial charge on any atom is 0.214 e. The first kappa shape index (κ1) is 15.9. The number of methoxy groups -OCH3 is 1. The van der Waals surface area contributed by atoms with E-state index in [4.69, 9.17) is 10.5 Å². The number of sulfonamides is 1. The van der Waals surface area contributed by atoms with Crippen molar-refractivity contribution in [2.75, 3.05) is 26.0 Å². The van der Waals surface area contributed by atoms with Crippen molar-refractivity contribution in [3.63, 3.8) is 0 Å². The van der Waals surface area contributed by atoms with E-state index in [1.807, 2.05) is 20.8 Å². The first-order valence-corrected chi connectivity index (χ1v) is 8.03. The second-order valence-electron chi connectivity index (χ2n) is 6.20. The van der Waals surface area contributed by atoms with Crippen molar-refractivity contribution in [3.8, 4) is 0 Å². The van der Waals surface area contributed by atoms with Crippen LogP contribution >= 0.6 is 0 Å². The van der Waals surface area contributed by atoms with Gasteiger partial charge >= 0.3 is 0 Å². The molecule has 0 radical (unpaired) electrons. The highest BCUT2D eigenvalue weighted by Gasteiger charge is 2.37. The summed E-state index contributed by atoms with van der Waals surface area (Å²) in [5, 5.41) is 0. The molecule has 0 saturated carbocycles. The molecule has 0 bridgehead atoms. The Morgan fingerprint density at radius 1 is 1.39 bits per heavy atom. The quantitative estimate of drug-likeness (QED) is 0.825. The van der Waals surface area contributed by atoms with Gasteiger partial charge in [-0.1, -0.05) is 20.8 Å². The van der Waals surface area contributed by atoms with Crippen molar-refractivity contribution in [3.05, 3.63) is 0 Å². The van der Waals surface area contributed by atoms with Crippen LogP contribution in [0.4, 0.5) is 0 Å². The molecular weight excluding hydrogens is 252 g/mol. The van der Waals surface area contributed by atoms with Crippen LogP contribution in [-0.2, 0) is 14.8 Å². The van der Waals surface area contributed by atoms with Gasteiger partial charge in [0.1, 0.15) is 0 Å². The molecule has 0 aliphatic carbocycles. The van der Waals surface area contributed by atoms with Crippen molar-refractivity contribution < 1.29 is 13.2 Å². The number of hydrogen-bond acceptors (Lipinski definition) is 4. The summed E-state index contributed by atoms with van der Waals surface area (Å²) in [6, 6.07) is -0.129. The average molecular weight is 278 g/mol. The van der Waals surface area contributed by atoms with Crippen molar-refractivity contribution in [1.82, 2.24) is 4.31 Å². The second kappa shape index (κ2) is 5.86. The SMILES string of the molecule is COC1CCN(S(=O)(=O)CC(C)(C)C)C(CN)C1. The van der Waals surface area contributed by atoms with Gasteiger partial charge in [0, 0.05) is 26.2 Å². The summed E-state index contributed by atoms with van der Waals surface area (Å²) in [5.74, 6) is 0.161. The van der Waals surface area contributed by atoms with Crippen LogP contribution in [0, 0.1) is 5.41 Å². The van der Waals surface area contributed by atoms with Gasteiger partial charge in [0.05, 0.1) is 11.9 Å². The molecule has 1 rings (SSSR count). The van der Waals surface area contributed by atoms with Crippen molar-refractivity contribution in [1.29, 1.82) is 0 Å². The summed E-state index contributed by atoms with van der Waals surface area (Å²) in [6.07, 6.45) is 1.56. The van der Waals surface area contributed by atoms with Gasteiger partial charge in [-0.05, 0) is 18.3 Å². The van der Waals surface area contributed by atoms with Crippen LogP contribution in [0.15, 0.2) is 0 Å². The zero-order chi connectivity index (χ0) is 14.0. The maximum absolute atomic E-state index is 12.4. The van der Waals surface area contributed by atoms with E-state index in [9.17, 15) is 8.42 Å². The highest BCUT2D eigenvalue weighted by Crippen LogP contribution is 2.26. The normalized spacial score (nSPS) is 27.4. The van der Waals surface area contributed by atoms with Crippen LogP contribution in [0.3, 0.4) is 0 Å². The van der Waals surface area contributed by atoms with E-state index < -0.39 is 10.0 Å². The zero-order valence-electron chi connectivity index (χ0n) is 11.8. The lowest BCUT2D eigenvalue weighted by molar-refractivity contribution is 0.0400. The van der Waals surface area contributed by atoms with Gasteiger partial charge in [-0.15, -0.1) is 0 Å². The molecule has 2 N–H and O–H groups in total. The van der Waals surface area contributed by atoms with Gasteiger partial charge in [-0.3, -0.25) is 0 Å². The summed E-state index contributed by atoms with van der Waals surface area (Å²) in [6.45, 7) is 6.67. The van der Waals surface area contributed by atoms with Crippen LogP contribution in [0.5, 0.6) is 0 Å². The van der Waals surface area contributed by atoms with Crippen LogP contribution < -0.4 is 5.73 Å². The van der Waals surface area contributed by atoms with Gasteiger partial charge < -0.3 is 10.5 Å². The molecule has 108 valence electrons. The standard InChI is InChI=1S/C12H26N2O3S/c1-12(2,3)9-18(15,16)14-6-5-11(17-4)7-10(14)8-13/h10-11H,5-9,13H2,1-4H3. The number of rotatable bonds is 4. The predicted octanol–water partition coefficient (Wildman–Crippen LogP) is 0.800. The number of hydrogen-bond donors (Lipinski definition) is 1. The smallest absolute Gasteiger partial charge is 0.214 e. The first-order chi connectivity index (χ1) is 8.19. The van der Waals surface area contributed by atoms with E-state index in [1.54, 1.807) is 11.4 Å². The van der Waals surface area contributed by atoms with Gasteiger partial charge in [0.2, 0.25) is 10.0 Å². The fourth-order valence-corrected chi connectivity index (χ4v) is 4.69. The van der Waals surface area contributed by atoms with E-state index in [-0.39, 0.29) is 23.3 Å². The Bertz CT molecular complexity index is 362. The summed E-state index contributed by atoms with van der Waals surface area (Å²) < 4.78 is 31.7. The third-order valence-corrected chi connectivity index (χ3v) is 5.62. The minimum Gasteiger partial charge on any atom is -0.381 e. The highest BCUT2D eigenvalue weighted by atomic mass is 32.2. The molecule has 0 aromatic carbocycles. The fraction of sp³-hybridized carbons (Fsp3) is 1.00. The Labute approximate surface area is 111 Å².